The molecule has 0 radical (unpaired) electrons. The molecule has 1 amide bonds. The molecular formula is C15H27NO3S. The number of ether oxygens (including phenoxy) is 1. The Hall–Kier alpha value is -0.710. The first kappa shape index (κ1) is 17.3. The number of hydrogen-bond donors (Lipinski definition) is 0. The number of hydrogen-bond acceptors (Lipinski definition) is 4. The number of carbonyl (C=O) groups is 2. The van der Waals surface area contributed by atoms with Crippen molar-refractivity contribution in [3.63, 3.8) is 0 Å². The molecule has 1 aliphatic heterocycles. The van der Waals surface area contributed by atoms with Crippen molar-refractivity contribution in [1.29, 1.82) is 0 Å². The number of nitrogens with zero attached hydrogens (tertiary/aromatic N) is 1. The SMILES string of the molecule is CCCCCC(=O)N1C(CC)SCC1C(=O)OCCC. The Balaban J connectivity index is 2.63. The van der Waals surface area contributed by atoms with Crippen molar-refractivity contribution in [2.45, 2.75) is 70.7 Å². The molecule has 2 unspecified atom stereocenters. The minimum Gasteiger partial charge on any atom is -0.464 e. The summed E-state index contributed by atoms with van der Waals surface area (Å²) < 4.78 is 5.23. The molecule has 0 spiro atoms. The van der Waals surface area contributed by atoms with Crippen LogP contribution in [0.2, 0.25) is 0 Å². The van der Waals surface area contributed by atoms with Gasteiger partial charge in [0.15, 0.2) is 0 Å². The zero-order valence-corrected chi connectivity index (χ0v) is 13.7. The molecule has 2 atom stereocenters. The first-order valence-corrected chi connectivity index (χ1v) is 8.79. The number of carbonyl (C=O) groups excluding carboxylic acids is 2. The Labute approximate surface area is 126 Å². The zero-order valence-electron chi connectivity index (χ0n) is 12.9. The molecule has 5 heteroatoms. The predicted octanol–water partition coefficient (Wildman–Crippen LogP) is 3.20. The second-order valence-electron chi connectivity index (χ2n) is 5.14. The van der Waals surface area contributed by atoms with Crippen LogP contribution in [0.25, 0.3) is 0 Å². The highest BCUT2D eigenvalue weighted by Gasteiger charge is 2.41. The van der Waals surface area contributed by atoms with Crippen LogP contribution in [0.4, 0.5) is 0 Å². The minimum absolute atomic E-state index is 0.105. The summed E-state index contributed by atoms with van der Waals surface area (Å²) in [6.07, 6.45) is 5.30. The van der Waals surface area contributed by atoms with E-state index < -0.39 is 0 Å². The summed E-state index contributed by atoms with van der Waals surface area (Å²) in [5.74, 6) is 0.536. The Bertz CT molecular complexity index is 322. The van der Waals surface area contributed by atoms with Crippen molar-refractivity contribution in [2.24, 2.45) is 0 Å². The highest BCUT2D eigenvalue weighted by atomic mass is 32.2. The lowest BCUT2D eigenvalue weighted by atomic mass is 10.1. The van der Waals surface area contributed by atoms with E-state index in [1.165, 1.54) is 0 Å². The van der Waals surface area contributed by atoms with Crippen molar-refractivity contribution in [3.05, 3.63) is 0 Å². The Morgan fingerprint density at radius 2 is 1.95 bits per heavy atom. The Kier molecular flexibility index (Phi) is 8.04. The van der Waals surface area contributed by atoms with Crippen LogP contribution in [-0.2, 0) is 14.3 Å². The minimum atomic E-state index is -0.384. The van der Waals surface area contributed by atoms with Crippen LogP contribution in [0.3, 0.4) is 0 Å². The topological polar surface area (TPSA) is 46.6 Å². The fourth-order valence-corrected chi connectivity index (χ4v) is 3.71. The maximum atomic E-state index is 12.4. The molecule has 0 aromatic carbocycles. The van der Waals surface area contributed by atoms with Crippen molar-refractivity contribution in [3.8, 4) is 0 Å². The molecule has 0 aliphatic carbocycles. The lowest BCUT2D eigenvalue weighted by Crippen LogP contribution is -2.46. The summed E-state index contributed by atoms with van der Waals surface area (Å²) in [6, 6.07) is -0.384. The van der Waals surface area contributed by atoms with Gasteiger partial charge in [0.05, 0.1) is 12.0 Å². The first-order chi connectivity index (χ1) is 9.65. The van der Waals surface area contributed by atoms with E-state index in [0.717, 1.165) is 32.1 Å². The lowest BCUT2D eigenvalue weighted by molar-refractivity contribution is -0.154. The summed E-state index contributed by atoms with van der Waals surface area (Å²) >= 11 is 1.69. The molecular weight excluding hydrogens is 274 g/mol. The molecule has 0 saturated carbocycles. The average Bonchev–Trinajstić information content (AvgIpc) is 2.88. The van der Waals surface area contributed by atoms with Crippen LogP contribution in [0.5, 0.6) is 0 Å². The third kappa shape index (κ3) is 4.69. The van der Waals surface area contributed by atoms with Gasteiger partial charge in [0.1, 0.15) is 6.04 Å². The highest BCUT2D eigenvalue weighted by molar-refractivity contribution is 8.00. The zero-order chi connectivity index (χ0) is 15.0. The first-order valence-electron chi connectivity index (χ1n) is 7.75. The van der Waals surface area contributed by atoms with Crippen molar-refractivity contribution >= 4 is 23.6 Å². The normalized spacial score (nSPS) is 22.1. The maximum absolute atomic E-state index is 12.4. The van der Waals surface area contributed by atoms with Crippen molar-refractivity contribution in [2.75, 3.05) is 12.4 Å². The monoisotopic (exact) mass is 301 g/mol. The molecule has 1 aliphatic rings. The van der Waals surface area contributed by atoms with Gasteiger partial charge in [0.2, 0.25) is 5.91 Å². The van der Waals surface area contributed by atoms with Gasteiger partial charge in [0.25, 0.3) is 0 Å². The predicted molar refractivity (Wildman–Crippen MR) is 82.6 cm³/mol. The number of amides is 1. The standard InChI is InChI=1S/C15H27NO3S/c1-4-7-8-9-13(17)16-12(11-20-14(16)6-3)15(18)19-10-5-2/h12,14H,4-11H2,1-3H3. The Morgan fingerprint density at radius 3 is 2.55 bits per heavy atom. The summed E-state index contributed by atoms with van der Waals surface area (Å²) in [6.45, 7) is 6.59. The van der Waals surface area contributed by atoms with E-state index in [-0.39, 0.29) is 23.3 Å². The maximum Gasteiger partial charge on any atom is 0.329 e. The van der Waals surface area contributed by atoms with E-state index in [1.54, 1.807) is 16.7 Å². The van der Waals surface area contributed by atoms with Gasteiger partial charge in [-0.2, -0.15) is 0 Å². The van der Waals surface area contributed by atoms with Crippen LogP contribution >= 0.6 is 11.8 Å². The quantitative estimate of drug-likeness (QED) is 0.510. The third-order valence-electron chi connectivity index (χ3n) is 3.44. The number of unbranched alkanes of at least 4 members (excludes halogenated alkanes) is 2. The van der Waals surface area contributed by atoms with Crippen LogP contribution in [0.15, 0.2) is 0 Å². The highest BCUT2D eigenvalue weighted by Crippen LogP contribution is 2.32. The molecule has 1 fully saturated rings. The summed E-state index contributed by atoms with van der Waals surface area (Å²) in [4.78, 5) is 26.2. The van der Waals surface area contributed by atoms with E-state index in [1.807, 2.05) is 6.92 Å². The summed E-state index contributed by atoms with van der Waals surface area (Å²) in [5.41, 5.74) is 0. The summed E-state index contributed by atoms with van der Waals surface area (Å²) in [7, 11) is 0. The molecule has 0 aromatic rings. The molecule has 0 bridgehead atoms. The van der Waals surface area contributed by atoms with Gasteiger partial charge >= 0.3 is 5.97 Å². The van der Waals surface area contributed by atoms with Gasteiger partial charge in [-0.1, -0.05) is 33.6 Å². The molecule has 116 valence electrons. The third-order valence-corrected chi connectivity index (χ3v) is 4.90. The van der Waals surface area contributed by atoms with Gasteiger partial charge in [-0.3, -0.25) is 4.79 Å². The fraction of sp³-hybridized carbons (Fsp3) is 0.867. The van der Waals surface area contributed by atoms with Crippen LogP contribution < -0.4 is 0 Å². The number of esters is 1. The van der Waals surface area contributed by atoms with Gasteiger partial charge in [-0.25, -0.2) is 4.79 Å². The molecule has 20 heavy (non-hydrogen) atoms. The molecule has 4 nitrogen and oxygen atoms in total. The van der Waals surface area contributed by atoms with Gasteiger partial charge in [0, 0.05) is 12.2 Å². The van der Waals surface area contributed by atoms with E-state index in [2.05, 4.69) is 13.8 Å². The van der Waals surface area contributed by atoms with Gasteiger partial charge < -0.3 is 9.64 Å². The fourth-order valence-electron chi connectivity index (χ4n) is 2.35. The van der Waals surface area contributed by atoms with Crippen molar-refractivity contribution < 1.29 is 14.3 Å². The average molecular weight is 301 g/mol. The molecule has 0 aromatic heterocycles. The van der Waals surface area contributed by atoms with Crippen LogP contribution in [0, 0.1) is 0 Å². The summed E-state index contributed by atoms with van der Waals surface area (Å²) in [5, 5.41) is 0.128. The van der Waals surface area contributed by atoms with Crippen LogP contribution in [0.1, 0.15) is 59.3 Å². The van der Waals surface area contributed by atoms with E-state index >= 15 is 0 Å². The van der Waals surface area contributed by atoms with Gasteiger partial charge in [-0.05, 0) is 19.3 Å². The molecule has 1 heterocycles. The van der Waals surface area contributed by atoms with Crippen molar-refractivity contribution in [1.82, 2.24) is 4.90 Å². The molecule has 1 rings (SSSR count). The van der Waals surface area contributed by atoms with Gasteiger partial charge in [-0.15, -0.1) is 11.8 Å². The van der Waals surface area contributed by atoms with E-state index in [0.29, 0.717) is 18.8 Å². The van der Waals surface area contributed by atoms with Crippen LogP contribution in [-0.4, -0.2) is 40.6 Å². The number of rotatable bonds is 8. The molecule has 0 N–H and O–H groups in total. The second-order valence-corrected chi connectivity index (χ2v) is 6.35. The van der Waals surface area contributed by atoms with E-state index in [4.69, 9.17) is 4.74 Å². The smallest absolute Gasteiger partial charge is 0.329 e. The lowest BCUT2D eigenvalue weighted by Gasteiger charge is -2.27. The number of thioether (sulfide) groups is 1. The largest absolute Gasteiger partial charge is 0.464 e. The second kappa shape index (κ2) is 9.27. The molecule has 1 saturated heterocycles. The Morgan fingerprint density at radius 1 is 1.20 bits per heavy atom. The van der Waals surface area contributed by atoms with E-state index in [9.17, 15) is 9.59 Å².